The third-order valence-corrected chi connectivity index (χ3v) is 2.03. The number of unbranched alkanes of at least 4 members (excludes halogenated alkanes) is 5. The maximum Gasteiger partial charge on any atom is -0.0303 e. The quantitative estimate of drug-likeness (QED) is 0.479. The summed E-state index contributed by atoms with van der Waals surface area (Å²) in [4.78, 5) is 0. The van der Waals surface area contributed by atoms with Gasteiger partial charge in [-0.05, 0) is 12.3 Å². The monoisotopic (exact) mass is 155 g/mol. The van der Waals surface area contributed by atoms with Crippen molar-refractivity contribution in [3.05, 3.63) is 5.92 Å². The minimum Gasteiger partial charge on any atom is -0.0654 e. The zero-order valence-electron chi connectivity index (χ0n) is 8.45. The Bertz CT molecular complexity index is 64.4. The van der Waals surface area contributed by atoms with E-state index in [0.29, 0.717) is 0 Å². The molecule has 0 aliphatic rings. The van der Waals surface area contributed by atoms with Crippen molar-refractivity contribution >= 4 is 0 Å². The third-order valence-electron chi connectivity index (χ3n) is 2.03. The molecule has 0 bridgehead atoms. The van der Waals surface area contributed by atoms with Crippen LogP contribution in [-0.4, -0.2) is 0 Å². The summed E-state index contributed by atoms with van der Waals surface area (Å²) in [6.45, 7) is 6.72. The van der Waals surface area contributed by atoms with Crippen LogP contribution in [-0.2, 0) is 0 Å². The van der Waals surface area contributed by atoms with E-state index in [9.17, 15) is 0 Å². The van der Waals surface area contributed by atoms with Gasteiger partial charge in [0.05, 0.1) is 0 Å². The molecule has 0 spiro atoms. The van der Waals surface area contributed by atoms with Crippen molar-refractivity contribution in [2.75, 3.05) is 0 Å². The van der Waals surface area contributed by atoms with E-state index in [1.54, 1.807) is 5.92 Å². The Labute approximate surface area is 72.4 Å². The van der Waals surface area contributed by atoms with E-state index in [4.69, 9.17) is 0 Å². The largest absolute Gasteiger partial charge is 0.0654 e. The molecule has 67 valence electrons. The van der Waals surface area contributed by atoms with Gasteiger partial charge in [-0.3, -0.25) is 0 Å². The Morgan fingerprint density at radius 3 is 1.91 bits per heavy atom. The molecule has 0 unspecified atom stereocenters. The summed E-state index contributed by atoms with van der Waals surface area (Å²) in [7, 11) is 0. The lowest BCUT2D eigenvalue weighted by molar-refractivity contribution is 0.594. The average Bonchev–Trinajstić information content (AvgIpc) is 1.96. The Kier molecular flexibility index (Phi) is 8.10. The molecule has 0 amide bonds. The maximum atomic E-state index is 2.27. The zero-order valence-corrected chi connectivity index (χ0v) is 8.45. The summed E-state index contributed by atoms with van der Waals surface area (Å²) >= 11 is 0. The first-order chi connectivity index (χ1) is 5.27. The highest BCUT2D eigenvalue weighted by molar-refractivity contribution is 4.75. The Balaban J connectivity index is 2.80. The van der Waals surface area contributed by atoms with Crippen LogP contribution in [0.5, 0.6) is 0 Å². The van der Waals surface area contributed by atoms with Crippen molar-refractivity contribution < 1.29 is 0 Å². The van der Waals surface area contributed by atoms with Crippen LogP contribution >= 0.6 is 0 Å². The smallest absolute Gasteiger partial charge is 0.0303 e. The summed E-state index contributed by atoms with van der Waals surface area (Å²) in [5, 5.41) is 0. The van der Waals surface area contributed by atoms with Crippen LogP contribution in [0.3, 0.4) is 0 Å². The first kappa shape index (κ1) is 11.0. The summed E-state index contributed by atoms with van der Waals surface area (Å²) in [6.07, 6.45) is 9.86. The van der Waals surface area contributed by atoms with Gasteiger partial charge in [-0.15, -0.1) is 0 Å². The SMILES string of the molecule is CCCCCCCC[C](C)C. The zero-order chi connectivity index (χ0) is 8.53. The number of hydrogen-bond acceptors (Lipinski definition) is 0. The van der Waals surface area contributed by atoms with Crippen molar-refractivity contribution in [1.82, 2.24) is 0 Å². The van der Waals surface area contributed by atoms with Crippen LogP contribution in [0.1, 0.15) is 65.7 Å². The van der Waals surface area contributed by atoms with Crippen LogP contribution in [0.2, 0.25) is 0 Å². The molecule has 0 aromatic heterocycles. The van der Waals surface area contributed by atoms with Crippen LogP contribution < -0.4 is 0 Å². The molecule has 0 atom stereocenters. The van der Waals surface area contributed by atoms with E-state index in [2.05, 4.69) is 20.8 Å². The van der Waals surface area contributed by atoms with Gasteiger partial charge in [0.1, 0.15) is 0 Å². The molecule has 0 saturated carbocycles. The maximum absolute atomic E-state index is 2.27. The van der Waals surface area contributed by atoms with Gasteiger partial charge < -0.3 is 0 Å². The van der Waals surface area contributed by atoms with Crippen LogP contribution in [0.4, 0.5) is 0 Å². The standard InChI is InChI=1S/C11H23/c1-4-5-6-7-8-9-10-11(2)3/h4-10H2,1-3H3. The summed E-state index contributed by atoms with van der Waals surface area (Å²) < 4.78 is 0. The highest BCUT2D eigenvalue weighted by Crippen LogP contribution is 2.11. The average molecular weight is 155 g/mol. The molecule has 0 fully saturated rings. The molecule has 0 aromatic carbocycles. The van der Waals surface area contributed by atoms with Crippen molar-refractivity contribution in [2.45, 2.75) is 65.7 Å². The molecule has 0 saturated heterocycles. The molecule has 0 N–H and O–H groups in total. The highest BCUT2D eigenvalue weighted by atomic mass is 14.0. The van der Waals surface area contributed by atoms with Gasteiger partial charge in [0.25, 0.3) is 0 Å². The summed E-state index contributed by atoms with van der Waals surface area (Å²) in [5.41, 5.74) is 0. The predicted molar refractivity (Wildman–Crippen MR) is 52.6 cm³/mol. The van der Waals surface area contributed by atoms with Gasteiger partial charge in [0.15, 0.2) is 0 Å². The lowest BCUT2D eigenvalue weighted by atomic mass is 10.0. The van der Waals surface area contributed by atoms with Gasteiger partial charge in [-0.1, -0.05) is 59.3 Å². The lowest BCUT2D eigenvalue weighted by Gasteiger charge is -2.02. The first-order valence-electron chi connectivity index (χ1n) is 5.06. The Morgan fingerprint density at radius 1 is 0.818 bits per heavy atom. The third kappa shape index (κ3) is 10.0. The van der Waals surface area contributed by atoms with Gasteiger partial charge in [0.2, 0.25) is 0 Å². The van der Waals surface area contributed by atoms with E-state index >= 15 is 0 Å². The van der Waals surface area contributed by atoms with Crippen LogP contribution in [0.15, 0.2) is 0 Å². The van der Waals surface area contributed by atoms with Crippen LogP contribution in [0.25, 0.3) is 0 Å². The van der Waals surface area contributed by atoms with Crippen molar-refractivity contribution in [1.29, 1.82) is 0 Å². The van der Waals surface area contributed by atoms with E-state index in [0.717, 1.165) is 0 Å². The lowest BCUT2D eigenvalue weighted by Crippen LogP contribution is -1.84. The minimum absolute atomic E-state index is 1.34. The van der Waals surface area contributed by atoms with Crippen molar-refractivity contribution in [3.8, 4) is 0 Å². The molecule has 0 nitrogen and oxygen atoms in total. The molecule has 0 rings (SSSR count). The van der Waals surface area contributed by atoms with Gasteiger partial charge in [-0.2, -0.15) is 0 Å². The van der Waals surface area contributed by atoms with Gasteiger partial charge >= 0.3 is 0 Å². The minimum atomic E-state index is 1.34. The molecule has 0 heteroatoms. The second-order valence-electron chi connectivity index (χ2n) is 3.72. The highest BCUT2D eigenvalue weighted by Gasteiger charge is 1.93. The fourth-order valence-corrected chi connectivity index (χ4v) is 1.26. The summed E-state index contributed by atoms with van der Waals surface area (Å²) in [5.74, 6) is 1.58. The molecule has 0 aliphatic heterocycles. The van der Waals surface area contributed by atoms with Gasteiger partial charge in [0, 0.05) is 0 Å². The van der Waals surface area contributed by atoms with E-state index < -0.39 is 0 Å². The molecular weight excluding hydrogens is 132 g/mol. The molecule has 1 radical (unpaired) electrons. The van der Waals surface area contributed by atoms with Crippen molar-refractivity contribution in [3.63, 3.8) is 0 Å². The second-order valence-corrected chi connectivity index (χ2v) is 3.72. The number of hydrogen-bond donors (Lipinski definition) is 0. The van der Waals surface area contributed by atoms with E-state index in [1.807, 2.05) is 0 Å². The summed E-state index contributed by atoms with van der Waals surface area (Å²) in [6, 6.07) is 0. The van der Waals surface area contributed by atoms with Crippen molar-refractivity contribution in [2.24, 2.45) is 0 Å². The number of rotatable bonds is 7. The second kappa shape index (κ2) is 8.10. The fourth-order valence-electron chi connectivity index (χ4n) is 1.26. The van der Waals surface area contributed by atoms with Crippen LogP contribution in [0, 0.1) is 5.92 Å². The molecule has 11 heavy (non-hydrogen) atoms. The topological polar surface area (TPSA) is 0 Å². The Hall–Kier alpha value is 0. The fraction of sp³-hybridized carbons (Fsp3) is 0.909. The molecule has 0 heterocycles. The molecule has 0 aliphatic carbocycles. The predicted octanol–water partition coefficient (Wildman–Crippen LogP) is 4.35. The van der Waals surface area contributed by atoms with Gasteiger partial charge in [-0.25, -0.2) is 0 Å². The van der Waals surface area contributed by atoms with E-state index in [1.165, 1.54) is 44.9 Å². The normalized spacial score (nSPS) is 10.9. The molecule has 0 aromatic rings. The Morgan fingerprint density at radius 2 is 1.36 bits per heavy atom. The first-order valence-corrected chi connectivity index (χ1v) is 5.06. The molecular formula is C11H23. The van der Waals surface area contributed by atoms with E-state index in [-0.39, 0.29) is 0 Å².